The molecule has 6 nitrogen and oxygen atoms in total. The number of aliphatic hydroxyl groups excluding tert-OH is 1. The summed E-state index contributed by atoms with van der Waals surface area (Å²) in [6, 6.07) is -0.392. The molecule has 1 amide bonds. The van der Waals surface area contributed by atoms with Crippen LogP contribution in [-0.4, -0.2) is 47.6 Å². The van der Waals surface area contributed by atoms with Gasteiger partial charge in [-0.25, -0.2) is 0 Å². The summed E-state index contributed by atoms with van der Waals surface area (Å²) in [4.78, 5) is 11.6. The molecule has 0 aliphatic carbocycles. The molecule has 1 rings (SSSR count). The third kappa shape index (κ3) is 3.03. The minimum absolute atomic E-state index is 0.156. The van der Waals surface area contributed by atoms with Crippen molar-refractivity contribution in [1.82, 2.24) is 15.5 Å². The van der Waals surface area contributed by atoms with Crippen LogP contribution in [0.15, 0.2) is 6.20 Å². The van der Waals surface area contributed by atoms with E-state index < -0.39 is 6.04 Å². The Morgan fingerprint density at radius 1 is 1.80 bits per heavy atom. The van der Waals surface area contributed by atoms with E-state index in [1.807, 2.05) is 0 Å². The van der Waals surface area contributed by atoms with Crippen molar-refractivity contribution in [3.63, 3.8) is 0 Å². The van der Waals surface area contributed by atoms with E-state index in [-0.39, 0.29) is 19.1 Å². The van der Waals surface area contributed by atoms with Crippen molar-refractivity contribution in [3.8, 4) is 0 Å². The molecule has 1 heterocycles. The van der Waals surface area contributed by atoms with Crippen molar-refractivity contribution >= 4 is 5.91 Å². The van der Waals surface area contributed by atoms with E-state index in [1.54, 1.807) is 6.92 Å². The van der Waals surface area contributed by atoms with Crippen molar-refractivity contribution in [3.05, 3.63) is 17.5 Å². The minimum atomic E-state index is -0.392. The number of H-pyrrole nitrogens is 1. The molecule has 0 spiro atoms. The fraction of sp³-hybridized carbons (Fsp3) is 0.556. The number of hydrogen-bond acceptors (Lipinski definition) is 4. The molecule has 1 aromatic rings. The highest BCUT2D eigenvalue weighted by molar-refractivity contribution is 5.95. The van der Waals surface area contributed by atoms with Crippen LogP contribution < -0.4 is 5.32 Å². The molecule has 0 saturated carbocycles. The molecule has 6 heteroatoms. The van der Waals surface area contributed by atoms with E-state index in [1.165, 1.54) is 13.3 Å². The second-order valence-electron chi connectivity index (χ2n) is 3.22. The monoisotopic (exact) mass is 213 g/mol. The lowest BCUT2D eigenvalue weighted by Gasteiger charge is -2.14. The van der Waals surface area contributed by atoms with Crippen LogP contribution in [0.2, 0.25) is 0 Å². The lowest BCUT2D eigenvalue weighted by Crippen LogP contribution is -2.40. The third-order valence-corrected chi connectivity index (χ3v) is 2.00. The highest BCUT2D eigenvalue weighted by atomic mass is 16.5. The fourth-order valence-corrected chi connectivity index (χ4v) is 1.18. The predicted octanol–water partition coefficient (Wildman–Crippen LogP) is -0.545. The molecule has 1 aromatic heterocycles. The topological polar surface area (TPSA) is 87.2 Å². The summed E-state index contributed by atoms with van der Waals surface area (Å²) in [5.74, 6) is -0.266. The van der Waals surface area contributed by atoms with Gasteiger partial charge in [0.15, 0.2) is 0 Å². The highest BCUT2D eigenvalue weighted by Crippen LogP contribution is 2.02. The van der Waals surface area contributed by atoms with Gasteiger partial charge in [0.1, 0.15) is 0 Å². The Bertz CT molecular complexity index is 324. The quantitative estimate of drug-likeness (QED) is 0.612. The van der Waals surface area contributed by atoms with Crippen molar-refractivity contribution in [1.29, 1.82) is 0 Å². The van der Waals surface area contributed by atoms with Crippen molar-refractivity contribution in [2.45, 2.75) is 13.0 Å². The Hall–Kier alpha value is -1.40. The van der Waals surface area contributed by atoms with Crippen LogP contribution in [0.3, 0.4) is 0 Å². The summed E-state index contributed by atoms with van der Waals surface area (Å²) in [6.07, 6.45) is 1.45. The van der Waals surface area contributed by atoms with E-state index in [0.29, 0.717) is 11.3 Å². The average Bonchev–Trinajstić information content (AvgIpc) is 2.63. The SMILES string of the molecule is COCC(CO)NC(=O)c1cn[nH]c1C. The number of aromatic nitrogens is 2. The van der Waals surface area contributed by atoms with Gasteiger partial charge < -0.3 is 15.2 Å². The maximum Gasteiger partial charge on any atom is 0.255 e. The van der Waals surface area contributed by atoms with Gasteiger partial charge in [0.25, 0.3) is 5.91 Å². The Morgan fingerprint density at radius 3 is 3.00 bits per heavy atom. The van der Waals surface area contributed by atoms with Crippen LogP contribution in [0.1, 0.15) is 16.1 Å². The number of nitrogens with one attached hydrogen (secondary N) is 2. The molecule has 84 valence electrons. The van der Waals surface area contributed by atoms with Gasteiger partial charge in [-0.3, -0.25) is 9.89 Å². The molecule has 0 fully saturated rings. The second-order valence-corrected chi connectivity index (χ2v) is 3.22. The lowest BCUT2D eigenvalue weighted by molar-refractivity contribution is 0.0839. The number of aromatic amines is 1. The van der Waals surface area contributed by atoms with Gasteiger partial charge in [0, 0.05) is 12.8 Å². The van der Waals surface area contributed by atoms with Gasteiger partial charge in [-0.15, -0.1) is 0 Å². The molecule has 0 aromatic carbocycles. The van der Waals surface area contributed by atoms with Gasteiger partial charge in [0.2, 0.25) is 0 Å². The number of ether oxygens (including phenoxy) is 1. The number of aryl methyl sites for hydroxylation is 1. The van der Waals surface area contributed by atoms with Crippen LogP contribution in [-0.2, 0) is 4.74 Å². The normalized spacial score (nSPS) is 12.5. The van der Waals surface area contributed by atoms with E-state index in [9.17, 15) is 4.79 Å². The molecular weight excluding hydrogens is 198 g/mol. The first-order valence-electron chi connectivity index (χ1n) is 4.59. The molecule has 3 N–H and O–H groups in total. The largest absolute Gasteiger partial charge is 0.394 e. The van der Waals surface area contributed by atoms with Crippen molar-refractivity contribution in [2.24, 2.45) is 0 Å². The van der Waals surface area contributed by atoms with Gasteiger partial charge >= 0.3 is 0 Å². The molecule has 0 bridgehead atoms. The molecule has 15 heavy (non-hydrogen) atoms. The zero-order valence-corrected chi connectivity index (χ0v) is 8.78. The fourth-order valence-electron chi connectivity index (χ4n) is 1.18. The molecular formula is C9H15N3O3. The molecule has 1 unspecified atom stereocenters. The van der Waals surface area contributed by atoms with Gasteiger partial charge in [-0.05, 0) is 6.92 Å². The van der Waals surface area contributed by atoms with Crippen molar-refractivity contribution in [2.75, 3.05) is 20.3 Å². The zero-order valence-electron chi connectivity index (χ0n) is 8.78. The first-order chi connectivity index (χ1) is 7.19. The Morgan fingerprint density at radius 2 is 2.53 bits per heavy atom. The predicted molar refractivity (Wildman–Crippen MR) is 53.5 cm³/mol. The highest BCUT2D eigenvalue weighted by Gasteiger charge is 2.15. The standard InChI is InChI=1S/C9H15N3O3/c1-6-8(3-10-12-6)9(14)11-7(4-13)5-15-2/h3,7,13H,4-5H2,1-2H3,(H,10,12)(H,11,14). The number of carbonyl (C=O) groups excluding carboxylic acids is 1. The molecule has 1 atom stereocenters. The summed E-state index contributed by atoms with van der Waals surface area (Å²) in [7, 11) is 1.51. The van der Waals surface area contributed by atoms with Crippen LogP contribution in [0.25, 0.3) is 0 Å². The maximum atomic E-state index is 11.6. The summed E-state index contributed by atoms with van der Waals surface area (Å²) < 4.78 is 4.85. The smallest absolute Gasteiger partial charge is 0.255 e. The first-order valence-corrected chi connectivity index (χ1v) is 4.59. The average molecular weight is 213 g/mol. The Labute approximate surface area is 87.6 Å². The third-order valence-electron chi connectivity index (χ3n) is 2.00. The number of hydrogen-bond donors (Lipinski definition) is 3. The van der Waals surface area contributed by atoms with Gasteiger partial charge in [0.05, 0.1) is 31.0 Å². The maximum absolute atomic E-state index is 11.6. The van der Waals surface area contributed by atoms with E-state index in [2.05, 4.69) is 15.5 Å². The molecule has 0 aliphatic heterocycles. The van der Waals surface area contributed by atoms with Crippen LogP contribution in [0.4, 0.5) is 0 Å². The van der Waals surface area contributed by atoms with Crippen LogP contribution >= 0.6 is 0 Å². The second kappa shape index (κ2) is 5.47. The van der Waals surface area contributed by atoms with E-state index in [0.717, 1.165) is 0 Å². The number of rotatable bonds is 5. The molecule has 0 aliphatic rings. The Kier molecular flexibility index (Phi) is 4.26. The number of methoxy groups -OCH3 is 1. The summed E-state index contributed by atoms with van der Waals surface area (Å²) in [6.45, 7) is 1.88. The number of amides is 1. The minimum Gasteiger partial charge on any atom is -0.394 e. The molecule has 0 saturated heterocycles. The lowest BCUT2D eigenvalue weighted by atomic mass is 10.2. The van der Waals surface area contributed by atoms with E-state index >= 15 is 0 Å². The summed E-state index contributed by atoms with van der Waals surface area (Å²) in [5.41, 5.74) is 1.17. The molecule has 0 radical (unpaired) electrons. The van der Waals surface area contributed by atoms with E-state index in [4.69, 9.17) is 9.84 Å². The zero-order chi connectivity index (χ0) is 11.3. The van der Waals surface area contributed by atoms with Crippen LogP contribution in [0, 0.1) is 6.92 Å². The summed E-state index contributed by atoms with van der Waals surface area (Å²) in [5, 5.41) is 18.0. The van der Waals surface area contributed by atoms with Crippen molar-refractivity contribution < 1.29 is 14.6 Å². The van der Waals surface area contributed by atoms with Gasteiger partial charge in [-0.2, -0.15) is 5.10 Å². The first kappa shape index (κ1) is 11.7. The Balaban J connectivity index is 2.58. The van der Waals surface area contributed by atoms with Gasteiger partial charge in [-0.1, -0.05) is 0 Å². The number of nitrogens with zero attached hydrogens (tertiary/aromatic N) is 1. The summed E-state index contributed by atoms with van der Waals surface area (Å²) >= 11 is 0. The number of aliphatic hydroxyl groups is 1. The number of carbonyl (C=O) groups is 1. The van der Waals surface area contributed by atoms with Crippen LogP contribution in [0.5, 0.6) is 0 Å².